The molecule has 2 fully saturated rings. The molecule has 0 bridgehead atoms. The van der Waals surface area contributed by atoms with Gasteiger partial charge in [0.25, 0.3) is 0 Å². The second-order valence-corrected chi connectivity index (χ2v) is 5.73. The van der Waals surface area contributed by atoms with Gasteiger partial charge in [0.05, 0.1) is 6.54 Å². The Morgan fingerprint density at radius 2 is 1.86 bits per heavy atom. The fourth-order valence-corrected chi connectivity index (χ4v) is 2.56. The van der Waals surface area contributed by atoms with Gasteiger partial charge in [-0.3, -0.25) is 9.69 Å². The van der Waals surface area contributed by atoms with Gasteiger partial charge in [-0.25, -0.2) is 0 Å². The van der Waals surface area contributed by atoms with Crippen molar-refractivity contribution >= 4 is 5.91 Å². The highest BCUT2D eigenvalue weighted by Gasteiger charge is 2.55. The molecule has 1 amide bonds. The maximum absolute atomic E-state index is 11.7. The van der Waals surface area contributed by atoms with Crippen LogP contribution in [0.1, 0.15) is 33.6 Å². The topological polar surface area (TPSA) is 23.6 Å². The third kappa shape index (κ3) is 1.44. The molecule has 1 saturated carbocycles. The maximum Gasteiger partial charge on any atom is 0.236 e. The molecule has 0 unspecified atom stereocenters. The number of amides is 1. The molecule has 0 aromatic heterocycles. The molecule has 1 aliphatic carbocycles. The van der Waals surface area contributed by atoms with Gasteiger partial charge in [-0.15, -0.1) is 0 Å². The van der Waals surface area contributed by atoms with Crippen molar-refractivity contribution in [1.82, 2.24) is 9.80 Å². The third-order valence-corrected chi connectivity index (χ3v) is 3.46. The summed E-state index contributed by atoms with van der Waals surface area (Å²) in [7, 11) is 1.92. The highest BCUT2D eigenvalue weighted by atomic mass is 16.2. The summed E-state index contributed by atoms with van der Waals surface area (Å²) >= 11 is 0. The summed E-state index contributed by atoms with van der Waals surface area (Å²) < 4.78 is 0. The zero-order chi connectivity index (χ0) is 10.6. The van der Waals surface area contributed by atoms with Gasteiger partial charge in [-0.1, -0.05) is 0 Å². The van der Waals surface area contributed by atoms with Crippen molar-refractivity contribution in [3.05, 3.63) is 0 Å². The quantitative estimate of drug-likeness (QED) is 0.579. The maximum atomic E-state index is 11.7. The molecule has 0 aromatic carbocycles. The largest absolute Gasteiger partial charge is 0.343 e. The molecule has 0 atom stereocenters. The number of nitrogens with zero attached hydrogens (tertiary/aromatic N) is 2. The zero-order valence-electron chi connectivity index (χ0n) is 9.63. The smallest absolute Gasteiger partial charge is 0.236 e. The van der Waals surface area contributed by atoms with Crippen LogP contribution < -0.4 is 0 Å². The van der Waals surface area contributed by atoms with Gasteiger partial charge in [-0.05, 0) is 33.6 Å². The van der Waals surface area contributed by atoms with Crippen molar-refractivity contribution < 1.29 is 4.79 Å². The van der Waals surface area contributed by atoms with Crippen molar-refractivity contribution in [2.45, 2.75) is 44.7 Å². The van der Waals surface area contributed by atoms with Gasteiger partial charge in [-0.2, -0.15) is 0 Å². The molecule has 80 valence electrons. The lowest BCUT2D eigenvalue weighted by atomic mass is 9.98. The molecule has 1 aliphatic heterocycles. The van der Waals surface area contributed by atoms with E-state index in [-0.39, 0.29) is 11.4 Å². The van der Waals surface area contributed by atoms with E-state index in [0.29, 0.717) is 12.1 Å². The van der Waals surface area contributed by atoms with Crippen molar-refractivity contribution in [2.75, 3.05) is 20.1 Å². The predicted octanol–water partition coefficient (Wildman–Crippen LogP) is 1.09. The van der Waals surface area contributed by atoms with Crippen LogP contribution in [-0.4, -0.2) is 46.9 Å². The van der Waals surface area contributed by atoms with Gasteiger partial charge in [0.2, 0.25) is 5.91 Å². The van der Waals surface area contributed by atoms with Crippen LogP contribution in [0, 0.1) is 0 Å². The van der Waals surface area contributed by atoms with E-state index in [1.165, 1.54) is 12.8 Å². The lowest BCUT2D eigenvalue weighted by Gasteiger charge is -2.47. The summed E-state index contributed by atoms with van der Waals surface area (Å²) in [5.74, 6) is 0.262. The molecule has 1 heterocycles. The molecule has 0 radical (unpaired) electrons. The van der Waals surface area contributed by atoms with Crippen LogP contribution in [0.4, 0.5) is 0 Å². The van der Waals surface area contributed by atoms with Crippen LogP contribution in [0.5, 0.6) is 0 Å². The minimum absolute atomic E-state index is 0.118. The first-order valence-corrected chi connectivity index (χ1v) is 5.37. The number of rotatable bonds is 0. The molecule has 1 spiro atoms. The van der Waals surface area contributed by atoms with Gasteiger partial charge < -0.3 is 4.90 Å². The van der Waals surface area contributed by atoms with Crippen LogP contribution in [0.3, 0.4) is 0 Å². The van der Waals surface area contributed by atoms with E-state index >= 15 is 0 Å². The number of carbonyl (C=O) groups is 1. The van der Waals surface area contributed by atoms with Crippen LogP contribution in [0.2, 0.25) is 0 Å². The number of hydrogen-bond acceptors (Lipinski definition) is 2. The minimum Gasteiger partial charge on any atom is -0.343 e. The van der Waals surface area contributed by atoms with Gasteiger partial charge in [0.15, 0.2) is 0 Å². The molecule has 1 saturated heterocycles. The summed E-state index contributed by atoms with van der Waals surface area (Å²) in [6, 6.07) is 0. The molecular formula is C11H20N2O. The summed E-state index contributed by atoms with van der Waals surface area (Å²) in [6.07, 6.45) is 2.50. The van der Waals surface area contributed by atoms with E-state index in [0.717, 1.165) is 6.54 Å². The summed E-state index contributed by atoms with van der Waals surface area (Å²) in [5, 5.41) is 0. The summed E-state index contributed by atoms with van der Waals surface area (Å²) in [5.41, 5.74) is 0.439. The van der Waals surface area contributed by atoms with E-state index < -0.39 is 0 Å². The number of carbonyl (C=O) groups excluding carboxylic acids is 1. The van der Waals surface area contributed by atoms with Crippen molar-refractivity contribution in [2.24, 2.45) is 0 Å². The second-order valence-electron chi connectivity index (χ2n) is 5.73. The van der Waals surface area contributed by atoms with Gasteiger partial charge >= 0.3 is 0 Å². The van der Waals surface area contributed by atoms with Crippen molar-refractivity contribution in [3.8, 4) is 0 Å². The predicted molar refractivity (Wildman–Crippen MR) is 56.1 cm³/mol. The van der Waals surface area contributed by atoms with Crippen LogP contribution in [-0.2, 0) is 4.79 Å². The number of likely N-dealkylation sites (N-methyl/N-ethyl adjacent to an activating group) is 1. The first-order valence-electron chi connectivity index (χ1n) is 5.37. The monoisotopic (exact) mass is 196 g/mol. The Labute approximate surface area is 86.1 Å². The van der Waals surface area contributed by atoms with Crippen LogP contribution >= 0.6 is 0 Å². The average Bonchev–Trinajstić information content (AvgIpc) is 2.76. The molecule has 3 nitrogen and oxygen atoms in total. The first kappa shape index (κ1) is 9.97. The van der Waals surface area contributed by atoms with Crippen molar-refractivity contribution in [3.63, 3.8) is 0 Å². The SMILES string of the molecule is CN1CC2(CC2)N(C(C)(C)C)CC1=O. The molecule has 0 N–H and O–H groups in total. The Morgan fingerprint density at radius 3 is 2.29 bits per heavy atom. The Kier molecular flexibility index (Phi) is 1.94. The molecular weight excluding hydrogens is 176 g/mol. The average molecular weight is 196 g/mol. The molecule has 2 rings (SSSR count). The van der Waals surface area contributed by atoms with Crippen LogP contribution in [0.15, 0.2) is 0 Å². The summed E-state index contributed by atoms with van der Waals surface area (Å²) in [6.45, 7) is 8.12. The second kappa shape index (κ2) is 2.72. The van der Waals surface area contributed by atoms with E-state index in [1.54, 1.807) is 0 Å². The Balaban J connectivity index is 2.20. The Hall–Kier alpha value is -0.570. The zero-order valence-corrected chi connectivity index (χ0v) is 9.63. The number of piperazine rings is 1. The van der Waals surface area contributed by atoms with E-state index in [1.807, 2.05) is 11.9 Å². The summed E-state index contributed by atoms with van der Waals surface area (Å²) in [4.78, 5) is 15.9. The normalized spacial score (nSPS) is 27.1. The molecule has 2 aliphatic rings. The first-order chi connectivity index (χ1) is 6.35. The van der Waals surface area contributed by atoms with Gasteiger partial charge in [0.1, 0.15) is 0 Å². The lowest BCUT2D eigenvalue weighted by molar-refractivity contribution is -0.141. The highest BCUT2D eigenvalue weighted by Crippen LogP contribution is 2.47. The molecule has 0 aromatic rings. The third-order valence-electron chi connectivity index (χ3n) is 3.46. The fourth-order valence-electron chi connectivity index (χ4n) is 2.56. The minimum atomic E-state index is 0.118. The Bertz CT molecular complexity index is 263. The molecule has 14 heavy (non-hydrogen) atoms. The lowest BCUT2D eigenvalue weighted by Crippen LogP contribution is -2.62. The van der Waals surface area contributed by atoms with Crippen molar-refractivity contribution in [1.29, 1.82) is 0 Å². The van der Waals surface area contributed by atoms with Gasteiger partial charge in [0, 0.05) is 24.7 Å². The van der Waals surface area contributed by atoms with E-state index in [2.05, 4.69) is 25.7 Å². The highest BCUT2D eigenvalue weighted by molar-refractivity contribution is 5.79. The Morgan fingerprint density at radius 1 is 1.29 bits per heavy atom. The van der Waals surface area contributed by atoms with E-state index in [9.17, 15) is 4.79 Å². The van der Waals surface area contributed by atoms with E-state index in [4.69, 9.17) is 0 Å². The standard InChI is InChI=1S/C11H20N2O/c1-10(2,3)13-7-9(14)12(4)8-11(13)5-6-11/h5-8H2,1-4H3. The molecule has 3 heteroatoms. The van der Waals surface area contributed by atoms with Crippen LogP contribution in [0.25, 0.3) is 0 Å². The fraction of sp³-hybridized carbons (Fsp3) is 0.909. The number of hydrogen-bond donors (Lipinski definition) is 0.